The molecule has 1 fully saturated rings. The summed E-state index contributed by atoms with van der Waals surface area (Å²) in [7, 11) is 1.32. The van der Waals surface area contributed by atoms with E-state index in [1.165, 1.54) is 7.11 Å². The number of carbonyl (C=O) groups excluding carboxylic acids is 2. The number of carbonyl (C=O) groups is 2. The number of ether oxygens (including phenoxy) is 3. The van der Waals surface area contributed by atoms with Gasteiger partial charge >= 0.3 is 5.97 Å². The fraction of sp³-hybridized carbons (Fsp3) is 0.467. The molecule has 21 heavy (non-hydrogen) atoms. The fourth-order valence-corrected chi connectivity index (χ4v) is 2.04. The van der Waals surface area contributed by atoms with E-state index in [-0.39, 0.29) is 18.6 Å². The van der Waals surface area contributed by atoms with Gasteiger partial charge in [-0.3, -0.25) is 4.79 Å². The Balaban J connectivity index is 1.71. The highest BCUT2D eigenvalue weighted by Gasteiger charge is 2.16. The molecule has 1 aliphatic heterocycles. The van der Waals surface area contributed by atoms with Gasteiger partial charge in [0.2, 0.25) is 0 Å². The Morgan fingerprint density at radius 3 is 2.71 bits per heavy atom. The van der Waals surface area contributed by atoms with Crippen LogP contribution >= 0.6 is 0 Å². The minimum absolute atomic E-state index is 0.0652. The van der Waals surface area contributed by atoms with Gasteiger partial charge in [-0.05, 0) is 37.1 Å². The van der Waals surface area contributed by atoms with Gasteiger partial charge in [0.15, 0.2) is 6.61 Å². The van der Waals surface area contributed by atoms with E-state index < -0.39 is 5.97 Å². The fourth-order valence-electron chi connectivity index (χ4n) is 2.04. The van der Waals surface area contributed by atoms with Gasteiger partial charge in [-0.2, -0.15) is 0 Å². The normalized spacial score (nSPS) is 17.3. The van der Waals surface area contributed by atoms with E-state index in [9.17, 15) is 9.59 Å². The molecule has 0 aromatic heterocycles. The zero-order valence-corrected chi connectivity index (χ0v) is 12.0. The van der Waals surface area contributed by atoms with E-state index >= 15 is 0 Å². The molecule has 6 nitrogen and oxygen atoms in total. The molecule has 0 bridgehead atoms. The Morgan fingerprint density at radius 1 is 1.33 bits per heavy atom. The monoisotopic (exact) mass is 293 g/mol. The van der Waals surface area contributed by atoms with Crippen LogP contribution in [0.25, 0.3) is 0 Å². The molecule has 1 aromatic carbocycles. The predicted molar refractivity (Wildman–Crippen MR) is 75.3 cm³/mol. The molecular formula is C15H19NO5. The van der Waals surface area contributed by atoms with Gasteiger partial charge < -0.3 is 19.5 Å². The van der Waals surface area contributed by atoms with Gasteiger partial charge in [0.1, 0.15) is 5.75 Å². The van der Waals surface area contributed by atoms with Gasteiger partial charge in [-0.25, -0.2) is 4.79 Å². The van der Waals surface area contributed by atoms with Crippen LogP contribution in [-0.4, -0.2) is 44.8 Å². The van der Waals surface area contributed by atoms with Crippen LogP contribution in [-0.2, 0) is 14.3 Å². The Bertz CT molecular complexity index is 479. The molecule has 114 valence electrons. The van der Waals surface area contributed by atoms with Crippen molar-refractivity contribution < 1.29 is 23.8 Å². The van der Waals surface area contributed by atoms with Crippen LogP contribution in [0, 0.1) is 0 Å². The molecule has 1 heterocycles. The molecule has 6 heteroatoms. The third kappa shape index (κ3) is 4.75. The maximum Gasteiger partial charge on any atom is 0.337 e. The summed E-state index contributed by atoms with van der Waals surface area (Å²) in [5, 5.41) is 2.77. The van der Waals surface area contributed by atoms with Gasteiger partial charge in [0, 0.05) is 13.2 Å². The molecule has 1 saturated heterocycles. The van der Waals surface area contributed by atoms with Crippen molar-refractivity contribution in [3.8, 4) is 5.75 Å². The lowest BCUT2D eigenvalue weighted by atomic mass is 10.2. The third-order valence-electron chi connectivity index (χ3n) is 3.20. The molecule has 1 aromatic rings. The summed E-state index contributed by atoms with van der Waals surface area (Å²) in [5.74, 6) is -0.0756. The summed E-state index contributed by atoms with van der Waals surface area (Å²) in [4.78, 5) is 22.9. The van der Waals surface area contributed by atoms with Crippen LogP contribution in [0.3, 0.4) is 0 Å². The molecule has 1 amide bonds. The van der Waals surface area contributed by atoms with Crippen molar-refractivity contribution >= 4 is 11.9 Å². The summed E-state index contributed by atoms with van der Waals surface area (Å²) < 4.78 is 15.4. The van der Waals surface area contributed by atoms with E-state index in [1.54, 1.807) is 24.3 Å². The minimum Gasteiger partial charge on any atom is -0.484 e. The number of hydrogen-bond acceptors (Lipinski definition) is 5. The van der Waals surface area contributed by atoms with Crippen LogP contribution in [0.2, 0.25) is 0 Å². The lowest BCUT2D eigenvalue weighted by Crippen LogP contribution is -2.35. The lowest BCUT2D eigenvalue weighted by Gasteiger charge is -2.11. The molecule has 2 rings (SSSR count). The number of amides is 1. The van der Waals surface area contributed by atoms with E-state index in [0.29, 0.717) is 17.9 Å². The van der Waals surface area contributed by atoms with E-state index in [2.05, 4.69) is 10.1 Å². The van der Waals surface area contributed by atoms with E-state index in [1.807, 2.05) is 0 Å². The number of esters is 1. The lowest BCUT2D eigenvalue weighted by molar-refractivity contribution is -0.123. The topological polar surface area (TPSA) is 73.9 Å². The second kappa shape index (κ2) is 7.64. The smallest absolute Gasteiger partial charge is 0.337 e. The molecule has 0 unspecified atom stereocenters. The Hall–Kier alpha value is -2.08. The van der Waals surface area contributed by atoms with E-state index in [4.69, 9.17) is 9.47 Å². The Kier molecular flexibility index (Phi) is 5.57. The first-order chi connectivity index (χ1) is 10.2. The maximum absolute atomic E-state index is 11.6. The van der Waals surface area contributed by atoms with Crippen LogP contribution in [0.4, 0.5) is 0 Å². The average Bonchev–Trinajstić information content (AvgIpc) is 3.04. The highest BCUT2D eigenvalue weighted by Crippen LogP contribution is 2.13. The zero-order valence-electron chi connectivity index (χ0n) is 12.0. The highest BCUT2D eigenvalue weighted by atomic mass is 16.5. The van der Waals surface area contributed by atoms with Gasteiger partial charge in [-0.15, -0.1) is 0 Å². The number of benzene rings is 1. The van der Waals surface area contributed by atoms with Crippen LogP contribution in [0.5, 0.6) is 5.75 Å². The summed E-state index contributed by atoms with van der Waals surface area (Å²) in [6, 6.07) is 6.43. The summed E-state index contributed by atoms with van der Waals surface area (Å²) in [6.07, 6.45) is 2.15. The largest absolute Gasteiger partial charge is 0.484 e. The van der Waals surface area contributed by atoms with Crippen molar-refractivity contribution in [2.45, 2.75) is 18.9 Å². The molecular weight excluding hydrogens is 274 g/mol. The van der Waals surface area contributed by atoms with Gasteiger partial charge in [0.05, 0.1) is 18.8 Å². The summed E-state index contributed by atoms with van der Waals surface area (Å²) >= 11 is 0. The van der Waals surface area contributed by atoms with Crippen molar-refractivity contribution in [3.63, 3.8) is 0 Å². The second-order valence-corrected chi connectivity index (χ2v) is 4.74. The molecule has 0 spiro atoms. The van der Waals surface area contributed by atoms with Crippen LogP contribution in [0.1, 0.15) is 23.2 Å². The van der Waals surface area contributed by atoms with Crippen molar-refractivity contribution in [1.29, 1.82) is 0 Å². The van der Waals surface area contributed by atoms with Crippen molar-refractivity contribution in [2.24, 2.45) is 0 Å². The molecule has 1 aliphatic rings. The van der Waals surface area contributed by atoms with E-state index in [0.717, 1.165) is 19.4 Å². The van der Waals surface area contributed by atoms with Crippen LogP contribution in [0.15, 0.2) is 24.3 Å². The van der Waals surface area contributed by atoms with Crippen molar-refractivity contribution in [2.75, 3.05) is 26.9 Å². The van der Waals surface area contributed by atoms with Gasteiger partial charge in [0.25, 0.3) is 5.91 Å². The maximum atomic E-state index is 11.6. The number of nitrogens with one attached hydrogen (secondary N) is 1. The first-order valence-electron chi connectivity index (χ1n) is 6.88. The quantitative estimate of drug-likeness (QED) is 0.796. The summed E-state index contributed by atoms with van der Waals surface area (Å²) in [6.45, 7) is 1.22. The Morgan fingerprint density at radius 2 is 2.10 bits per heavy atom. The predicted octanol–water partition coefficient (Wildman–Crippen LogP) is 1.15. The zero-order chi connectivity index (χ0) is 15.1. The first-order valence-corrected chi connectivity index (χ1v) is 6.88. The molecule has 1 atom stereocenters. The third-order valence-corrected chi connectivity index (χ3v) is 3.20. The Labute approximate surface area is 123 Å². The highest BCUT2D eigenvalue weighted by molar-refractivity contribution is 5.89. The number of rotatable bonds is 6. The number of hydrogen-bond donors (Lipinski definition) is 1. The van der Waals surface area contributed by atoms with Crippen molar-refractivity contribution in [3.05, 3.63) is 29.8 Å². The van der Waals surface area contributed by atoms with Crippen LogP contribution < -0.4 is 10.1 Å². The second-order valence-electron chi connectivity index (χ2n) is 4.74. The SMILES string of the molecule is COC(=O)c1ccc(OCC(=O)NC[C@H]2CCCO2)cc1. The summed E-state index contributed by atoms with van der Waals surface area (Å²) in [5.41, 5.74) is 0.438. The number of methoxy groups -OCH3 is 1. The first kappa shape index (κ1) is 15.3. The van der Waals surface area contributed by atoms with Crippen molar-refractivity contribution in [1.82, 2.24) is 5.32 Å². The molecule has 0 aliphatic carbocycles. The van der Waals surface area contributed by atoms with Gasteiger partial charge in [-0.1, -0.05) is 0 Å². The average molecular weight is 293 g/mol. The minimum atomic E-state index is -0.407. The molecule has 0 radical (unpaired) electrons. The molecule has 0 saturated carbocycles. The standard InChI is InChI=1S/C15H19NO5/c1-19-15(18)11-4-6-12(7-5-11)21-10-14(17)16-9-13-3-2-8-20-13/h4-7,13H,2-3,8-10H2,1H3,(H,16,17)/t13-/m1/s1. The molecule has 1 N–H and O–H groups in total.